The van der Waals surface area contributed by atoms with Gasteiger partial charge in [0.25, 0.3) is 0 Å². The first-order valence-corrected chi connectivity index (χ1v) is 6.65. The number of imidazole rings is 1. The highest BCUT2D eigenvalue weighted by molar-refractivity contribution is 7.10. The van der Waals surface area contributed by atoms with Crippen molar-refractivity contribution in [3.8, 4) is 0 Å². The molecule has 1 unspecified atom stereocenters. The van der Waals surface area contributed by atoms with Crippen LogP contribution in [0.1, 0.15) is 24.3 Å². The van der Waals surface area contributed by atoms with Crippen LogP contribution in [0.4, 0.5) is 5.95 Å². The quantitative estimate of drug-likeness (QED) is 0.791. The van der Waals surface area contributed by atoms with E-state index in [0.717, 1.165) is 18.9 Å². The summed E-state index contributed by atoms with van der Waals surface area (Å²) in [6.07, 6.45) is 6.76. The number of aromatic nitrogens is 2. The molecule has 2 aromatic rings. The molecule has 17 heavy (non-hydrogen) atoms. The molecular formula is C13H17N3S. The lowest BCUT2D eigenvalue weighted by Gasteiger charge is -2.18. The van der Waals surface area contributed by atoms with Gasteiger partial charge in [-0.1, -0.05) is 19.1 Å². The van der Waals surface area contributed by atoms with E-state index in [1.165, 1.54) is 4.88 Å². The molecule has 0 aliphatic rings. The van der Waals surface area contributed by atoms with Crippen molar-refractivity contribution in [2.24, 2.45) is 0 Å². The van der Waals surface area contributed by atoms with Gasteiger partial charge >= 0.3 is 0 Å². The first kappa shape index (κ1) is 11.9. The molecule has 0 aliphatic heterocycles. The van der Waals surface area contributed by atoms with Gasteiger partial charge in [-0.2, -0.15) is 0 Å². The normalized spacial score (nSPS) is 12.3. The van der Waals surface area contributed by atoms with Crippen molar-refractivity contribution < 1.29 is 0 Å². The maximum absolute atomic E-state index is 4.34. The predicted octanol–water partition coefficient (Wildman–Crippen LogP) is 3.54. The second-order valence-electron chi connectivity index (χ2n) is 3.77. The minimum atomic E-state index is 0.366. The topological polar surface area (TPSA) is 29.9 Å². The number of hydrogen-bond acceptors (Lipinski definition) is 3. The second kappa shape index (κ2) is 5.68. The molecule has 0 radical (unpaired) electrons. The van der Waals surface area contributed by atoms with E-state index in [2.05, 4.69) is 45.9 Å². The number of thiophene rings is 1. The summed E-state index contributed by atoms with van der Waals surface area (Å²) in [4.78, 5) is 5.71. The zero-order valence-electron chi connectivity index (χ0n) is 9.97. The molecule has 0 saturated heterocycles. The molecule has 0 aromatic carbocycles. The Morgan fingerprint density at radius 2 is 2.53 bits per heavy atom. The van der Waals surface area contributed by atoms with E-state index < -0.39 is 0 Å². The lowest BCUT2D eigenvalue weighted by atomic mass is 10.2. The van der Waals surface area contributed by atoms with Gasteiger partial charge in [0, 0.05) is 23.8 Å². The Labute approximate surface area is 106 Å². The van der Waals surface area contributed by atoms with Gasteiger partial charge < -0.3 is 9.88 Å². The summed E-state index contributed by atoms with van der Waals surface area (Å²) < 4.78 is 2.19. The Morgan fingerprint density at radius 1 is 1.65 bits per heavy atom. The largest absolute Gasteiger partial charge is 0.352 e. The van der Waals surface area contributed by atoms with E-state index in [9.17, 15) is 0 Å². The molecule has 2 aromatic heterocycles. The molecule has 0 bridgehead atoms. The third kappa shape index (κ3) is 2.58. The molecular weight excluding hydrogens is 230 g/mol. The van der Waals surface area contributed by atoms with Crippen LogP contribution in [0.2, 0.25) is 0 Å². The van der Waals surface area contributed by atoms with Crippen LogP contribution in [0.15, 0.2) is 42.6 Å². The Morgan fingerprint density at radius 3 is 3.18 bits per heavy atom. The van der Waals surface area contributed by atoms with Crippen LogP contribution >= 0.6 is 11.3 Å². The summed E-state index contributed by atoms with van der Waals surface area (Å²) in [6.45, 7) is 6.64. The molecule has 2 heterocycles. The average molecular weight is 247 g/mol. The third-order valence-corrected chi connectivity index (χ3v) is 3.64. The van der Waals surface area contributed by atoms with Crippen molar-refractivity contribution in [2.45, 2.75) is 19.4 Å². The van der Waals surface area contributed by atoms with E-state index in [1.807, 2.05) is 18.5 Å². The van der Waals surface area contributed by atoms with E-state index in [-0.39, 0.29) is 0 Å². The predicted molar refractivity (Wildman–Crippen MR) is 73.7 cm³/mol. The third-order valence-electron chi connectivity index (χ3n) is 2.67. The Kier molecular flexibility index (Phi) is 3.98. The van der Waals surface area contributed by atoms with Crippen LogP contribution in [-0.4, -0.2) is 16.1 Å². The summed E-state index contributed by atoms with van der Waals surface area (Å²) >= 11 is 1.79. The second-order valence-corrected chi connectivity index (χ2v) is 4.75. The Bertz CT molecular complexity index is 459. The molecule has 0 saturated carbocycles. The van der Waals surface area contributed by atoms with Crippen molar-refractivity contribution in [1.82, 2.24) is 9.55 Å². The average Bonchev–Trinajstić information content (AvgIpc) is 2.99. The maximum atomic E-state index is 4.34. The first-order valence-electron chi connectivity index (χ1n) is 5.77. The van der Waals surface area contributed by atoms with Crippen molar-refractivity contribution in [3.63, 3.8) is 0 Å². The highest BCUT2D eigenvalue weighted by Crippen LogP contribution is 2.28. The lowest BCUT2D eigenvalue weighted by molar-refractivity contribution is 0.581. The fourth-order valence-corrected chi connectivity index (χ4v) is 2.79. The van der Waals surface area contributed by atoms with Crippen LogP contribution in [-0.2, 0) is 0 Å². The van der Waals surface area contributed by atoms with Crippen LogP contribution in [0, 0.1) is 0 Å². The zero-order chi connectivity index (χ0) is 12.1. The van der Waals surface area contributed by atoms with Crippen LogP contribution in [0.25, 0.3) is 0 Å². The fourth-order valence-electron chi connectivity index (χ4n) is 1.88. The minimum absolute atomic E-state index is 0.366. The van der Waals surface area contributed by atoms with E-state index in [0.29, 0.717) is 6.04 Å². The Balaban J connectivity index is 2.25. The van der Waals surface area contributed by atoms with Gasteiger partial charge in [-0.3, -0.25) is 0 Å². The highest BCUT2D eigenvalue weighted by atomic mass is 32.1. The summed E-state index contributed by atoms with van der Waals surface area (Å²) in [5, 5.41) is 5.37. The van der Waals surface area contributed by atoms with Crippen LogP contribution in [0.3, 0.4) is 0 Å². The summed E-state index contributed by atoms with van der Waals surface area (Å²) in [7, 11) is 0. The van der Waals surface area contributed by atoms with Gasteiger partial charge in [-0.05, 0) is 17.9 Å². The minimum Gasteiger partial charge on any atom is -0.352 e. The lowest BCUT2D eigenvalue weighted by Crippen LogP contribution is -2.12. The van der Waals surface area contributed by atoms with E-state index in [1.54, 1.807) is 11.3 Å². The first-order chi connectivity index (χ1) is 8.36. The molecule has 0 fully saturated rings. The monoisotopic (exact) mass is 247 g/mol. The molecule has 0 spiro atoms. The molecule has 90 valence electrons. The van der Waals surface area contributed by atoms with Gasteiger partial charge in [-0.15, -0.1) is 17.9 Å². The van der Waals surface area contributed by atoms with Crippen LogP contribution < -0.4 is 5.32 Å². The number of anilines is 1. The van der Waals surface area contributed by atoms with E-state index in [4.69, 9.17) is 0 Å². The Hall–Kier alpha value is -1.55. The van der Waals surface area contributed by atoms with Crippen molar-refractivity contribution >= 4 is 17.3 Å². The summed E-state index contributed by atoms with van der Waals surface area (Å²) in [5.41, 5.74) is 0. The number of hydrogen-bond donors (Lipinski definition) is 1. The van der Waals surface area contributed by atoms with Crippen molar-refractivity contribution in [3.05, 3.63) is 47.4 Å². The molecule has 2 rings (SSSR count). The summed E-state index contributed by atoms with van der Waals surface area (Å²) in [6, 6.07) is 4.64. The highest BCUT2D eigenvalue weighted by Gasteiger charge is 2.15. The molecule has 0 aliphatic carbocycles. The maximum Gasteiger partial charge on any atom is 0.203 e. The standard InChI is InChI=1S/C13H17N3S/c1-3-7-14-13-15-8-9-16(13)11(4-2)12-6-5-10-17-12/h3,5-6,8-11H,1,4,7H2,2H3,(H,14,15). The molecule has 1 N–H and O–H groups in total. The molecule has 1 atom stereocenters. The van der Waals surface area contributed by atoms with Gasteiger partial charge in [0.15, 0.2) is 0 Å². The molecule has 4 heteroatoms. The zero-order valence-corrected chi connectivity index (χ0v) is 10.8. The van der Waals surface area contributed by atoms with Gasteiger partial charge in [-0.25, -0.2) is 4.98 Å². The van der Waals surface area contributed by atoms with Crippen molar-refractivity contribution in [1.29, 1.82) is 0 Å². The fraction of sp³-hybridized carbons (Fsp3) is 0.308. The van der Waals surface area contributed by atoms with E-state index >= 15 is 0 Å². The SMILES string of the molecule is C=CCNc1nccn1C(CC)c1cccs1. The van der Waals surface area contributed by atoms with Crippen LogP contribution in [0.5, 0.6) is 0 Å². The smallest absolute Gasteiger partial charge is 0.203 e. The number of rotatable bonds is 6. The van der Waals surface area contributed by atoms with Gasteiger partial charge in [0.05, 0.1) is 6.04 Å². The number of nitrogens with zero attached hydrogens (tertiary/aromatic N) is 2. The molecule has 0 amide bonds. The van der Waals surface area contributed by atoms with Crippen molar-refractivity contribution in [2.75, 3.05) is 11.9 Å². The molecule has 3 nitrogen and oxygen atoms in total. The summed E-state index contributed by atoms with van der Waals surface area (Å²) in [5.74, 6) is 0.908. The number of nitrogens with one attached hydrogen (secondary N) is 1. The van der Waals surface area contributed by atoms with Gasteiger partial charge in [0.2, 0.25) is 5.95 Å². The van der Waals surface area contributed by atoms with Gasteiger partial charge in [0.1, 0.15) is 0 Å².